The standard InChI is InChI=1S/C20H20N2O6S2/c1-27-17-8-12-20(13-9-17)29(23,24)21-15-6-10-19(11-7-15)30(25,26)22-16-4-3-5-18(14-16)28-2/h3-14,21-22H,1-2H3. The Labute approximate surface area is 175 Å². The van der Waals surface area contributed by atoms with Crippen LogP contribution in [0.25, 0.3) is 0 Å². The fourth-order valence-corrected chi connectivity index (χ4v) is 4.68. The molecule has 0 fully saturated rings. The molecule has 0 aliphatic heterocycles. The highest BCUT2D eigenvalue weighted by Crippen LogP contribution is 2.23. The lowest BCUT2D eigenvalue weighted by atomic mass is 10.3. The fraction of sp³-hybridized carbons (Fsp3) is 0.100. The van der Waals surface area contributed by atoms with Crippen LogP contribution in [0.4, 0.5) is 11.4 Å². The molecule has 10 heteroatoms. The maximum absolute atomic E-state index is 12.6. The molecule has 0 radical (unpaired) electrons. The van der Waals surface area contributed by atoms with E-state index in [-0.39, 0.29) is 15.5 Å². The summed E-state index contributed by atoms with van der Waals surface area (Å²) in [7, 11) is -4.71. The van der Waals surface area contributed by atoms with E-state index in [0.29, 0.717) is 17.2 Å². The topological polar surface area (TPSA) is 111 Å². The smallest absolute Gasteiger partial charge is 0.261 e. The van der Waals surface area contributed by atoms with E-state index in [9.17, 15) is 16.8 Å². The van der Waals surface area contributed by atoms with Crippen molar-refractivity contribution in [2.75, 3.05) is 23.7 Å². The number of anilines is 2. The molecule has 0 spiro atoms. The Morgan fingerprint density at radius 3 is 1.63 bits per heavy atom. The third-order valence-electron chi connectivity index (χ3n) is 4.11. The summed E-state index contributed by atoms with van der Waals surface area (Å²) in [6.07, 6.45) is 0. The number of methoxy groups -OCH3 is 2. The SMILES string of the molecule is COc1ccc(S(=O)(=O)Nc2ccc(S(=O)(=O)Nc3cccc(OC)c3)cc2)cc1. The number of benzene rings is 3. The minimum Gasteiger partial charge on any atom is -0.497 e. The highest BCUT2D eigenvalue weighted by Gasteiger charge is 2.17. The number of sulfonamides is 2. The van der Waals surface area contributed by atoms with Gasteiger partial charge in [0.15, 0.2) is 0 Å². The summed E-state index contributed by atoms with van der Waals surface area (Å²) < 4.78 is 65.1. The van der Waals surface area contributed by atoms with Gasteiger partial charge in [0.2, 0.25) is 0 Å². The van der Waals surface area contributed by atoms with Gasteiger partial charge in [-0.15, -0.1) is 0 Å². The van der Waals surface area contributed by atoms with Gasteiger partial charge in [0.25, 0.3) is 20.0 Å². The second kappa shape index (κ2) is 8.64. The zero-order valence-corrected chi connectivity index (χ0v) is 17.8. The molecule has 0 aliphatic carbocycles. The van der Waals surface area contributed by atoms with Gasteiger partial charge in [-0.2, -0.15) is 0 Å². The van der Waals surface area contributed by atoms with Crippen LogP contribution >= 0.6 is 0 Å². The van der Waals surface area contributed by atoms with Gasteiger partial charge in [-0.05, 0) is 60.7 Å². The highest BCUT2D eigenvalue weighted by atomic mass is 32.2. The minimum absolute atomic E-state index is 0.0160. The zero-order valence-electron chi connectivity index (χ0n) is 16.2. The molecule has 8 nitrogen and oxygen atoms in total. The fourth-order valence-electron chi connectivity index (χ4n) is 2.57. The molecule has 0 bridgehead atoms. The van der Waals surface area contributed by atoms with Crippen molar-refractivity contribution in [3.63, 3.8) is 0 Å². The zero-order chi connectivity index (χ0) is 21.8. The van der Waals surface area contributed by atoms with E-state index < -0.39 is 20.0 Å². The summed E-state index contributed by atoms with van der Waals surface area (Å²) in [6, 6.07) is 17.8. The van der Waals surface area contributed by atoms with Gasteiger partial charge in [-0.25, -0.2) is 16.8 Å². The number of hydrogen-bond donors (Lipinski definition) is 2. The molecule has 0 saturated carbocycles. The largest absolute Gasteiger partial charge is 0.497 e. The maximum atomic E-state index is 12.6. The molecule has 0 aromatic heterocycles. The number of nitrogens with one attached hydrogen (secondary N) is 2. The summed E-state index contributed by atoms with van der Waals surface area (Å²) in [6.45, 7) is 0. The molecule has 3 rings (SSSR count). The minimum atomic E-state index is -3.86. The Morgan fingerprint density at radius 2 is 1.10 bits per heavy atom. The Balaban J connectivity index is 1.76. The molecule has 3 aromatic carbocycles. The van der Waals surface area contributed by atoms with Gasteiger partial charge in [-0.3, -0.25) is 9.44 Å². The molecule has 0 unspecified atom stereocenters. The van der Waals surface area contributed by atoms with Crippen LogP contribution in [0.15, 0.2) is 82.6 Å². The quantitative estimate of drug-likeness (QED) is 0.547. The molecule has 0 amide bonds. The van der Waals surface area contributed by atoms with Gasteiger partial charge in [0, 0.05) is 11.8 Å². The van der Waals surface area contributed by atoms with Crippen LogP contribution in [0, 0.1) is 0 Å². The number of ether oxygens (including phenoxy) is 2. The summed E-state index contributed by atoms with van der Waals surface area (Å²) >= 11 is 0. The van der Waals surface area contributed by atoms with Crippen LogP contribution in [0.5, 0.6) is 11.5 Å². The molecule has 0 heterocycles. The Morgan fingerprint density at radius 1 is 0.600 bits per heavy atom. The number of rotatable bonds is 8. The Kier molecular flexibility index (Phi) is 6.18. The van der Waals surface area contributed by atoms with Crippen LogP contribution in [-0.4, -0.2) is 31.1 Å². The predicted molar refractivity (Wildman–Crippen MR) is 114 cm³/mol. The molecular weight excluding hydrogens is 428 g/mol. The van der Waals surface area contributed by atoms with E-state index in [4.69, 9.17) is 9.47 Å². The van der Waals surface area contributed by atoms with Crippen molar-refractivity contribution >= 4 is 31.4 Å². The van der Waals surface area contributed by atoms with Crippen molar-refractivity contribution in [2.24, 2.45) is 0 Å². The van der Waals surface area contributed by atoms with Gasteiger partial charge in [-0.1, -0.05) is 6.07 Å². The Hall–Kier alpha value is -3.24. The molecular formula is C20H20N2O6S2. The van der Waals surface area contributed by atoms with Gasteiger partial charge >= 0.3 is 0 Å². The van der Waals surface area contributed by atoms with Crippen LogP contribution in [0.1, 0.15) is 0 Å². The van der Waals surface area contributed by atoms with E-state index in [0.717, 1.165) is 0 Å². The second-order valence-electron chi connectivity index (χ2n) is 6.14. The normalized spacial score (nSPS) is 11.5. The monoisotopic (exact) mass is 448 g/mol. The third-order valence-corrected chi connectivity index (χ3v) is 6.90. The summed E-state index contributed by atoms with van der Waals surface area (Å²) in [5.41, 5.74) is 0.574. The van der Waals surface area contributed by atoms with Crippen LogP contribution in [-0.2, 0) is 20.0 Å². The van der Waals surface area contributed by atoms with Crippen molar-refractivity contribution in [1.82, 2.24) is 0 Å². The molecule has 0 saturated heterocycles. The summed E-state index contributed by atoms with van der Waals surface area (Å²) in [5.74, 6) is 1.05. The van der Waals surface area contributed by atoms with E-state index in [1.54, 1.807) is 24.3 Å². The first-order valence-corrected chi connectivity index (χ1v) is 11.6. The lowest BCUT2D eigenvalue weighted by Gasteiger charge is -2.11. The van der Waals surface area contributed by atoms with Gasteiger partial charge in [0.1, 0.15) is 11.5 Å². The lowest BCUT2D eigenvalue weighted by Crippen LogP contribution is -2.14. The Bertz CT molecular complexity index is 1220. The average Bonchev–Trinajstić information content (AvgIpc) is 2.73. The van der Waals surface area contributed by atoms with Gasteiger partial charge in [0.05, 0.1) is 29.7 Å². The summed E-state index contributed by atoms with van der Waals surface area (Å²) in [4.78, 5) is 0.0393. The maximum Gasteiger partial charge on any atom is 0.261 e. The molecule has 2 N–H and O–H groups in total. The van der Waals surface area contributed by atoms with Crippen molar-refractivity contribution in [3.05, 3.63) is 72.8 Å². The van der Waals surface area contributed by atoms with Crippen molar-refractivity contribution in [2.45, 2.75) is 9.79 Å². The number of hydrogen-bond acceptors (Lipinski definition) is 6. The lowest BCUT2D eigenvalue weighted by molar-refractivity contribution is 0.414. The van der Waals surface area contributed by atoms with E-state index >= 15 is 0 Å². The highest BCUT2D eigenvalue weighted by molar-refractivity contribution is 7.93. The van der Waals surface area contributed by atoms with Crippen LogP contribution < -0.4 is 18.9 Å². The molecule has 0 atom stereocenters. The first-order chi connectivity index (χ1) is 14.2. The van der Waals surface area contributed by atoms with E-state index in [1.807, 2.05) is 0 Å². The summed E-state index contributed by atoms with van der Waals surface area (Å²) in [5, 5.41) is 0. The van der Waals surface area contributed by atoms with Crippen molar-refractivity contribution in [3.8, 4) is 11.5 Å². The van der Waals surface area contributed by atoms with Crippen LogP contribution in [0.2, 0.25) is 0 Å². The average molecular weight is 449 g/mol. The molecule has 0 aliphatic rings. The van der Waals surface area contributed by atoms with E-state index in [1.165, 1.54) is 62.8 Å². The van der Waals surface area contributed by atoms with Crippen LogP contribution in [0.3, 0.4) is 0 Å². The molecule has 30 heavy (non-hydrogen) atoms. The van der Waals surface area contributed by atoms with Crippen molar-refractivity contribution < 1.29 is 26.3 Å². The predicted octanol–water partition coefficient (Wildman–Crippen LogP) is 3.31. The third kappa shape index (κ3) is 5.02. The second-order valence-corrected chi connectivity index (χ2v) is 9.51. The molecule has 158 valence electrons. The van der Waals surface area contributed by atoms with Gasteiger partial charge < -0.3 is 9.47 Å². The first-order valence-electron chi connectivity index (χ1n) is 8.67. The van der Waals surface area contributed by atoms with Crippen molar-refractivity contribution in [1.29, 1.82) is 0 Å². The van der Waals surface area contributed by atoms with E-state index in [2.05, 4.69) is 9.44 Å². The first kappa shape index (κ1) is 21.5. The molecule has 3 aromatic rings.